The summed E-state index contributed by atoms with van der Waals surface area (Å²) in [6, 6.07) is 9.89. The highest BCUT2D eigenvalue weighted by molar-refractivity contribution is 7.87. The summed E-state index contributed by atoms with van der Waals surface area (Å²) < 4.78 is 34.9. The number of methoxy groups -OCH3 is 1. The first-order valence-corrected chi connectivity index (χ1v) is 8.22. The summed E-state index contributed by atoms with van der Waals surface area (Å²) in [6.45, 7) is 1.34. The number of nitrogens with one attached hydrogen (secondary N) is 1. The Balaban J connectivity index is 2.35. The second kappa shape index (κ2) is 7.14. The molecule has 0 spiro atoms. The lowest BCUT2D eigenvalue weighted by atomic mass is 10.2. The van der Waals surface area contributed by atoms with E-state index in [1.54, 1.807) is 6.07 Å². The molecule has 0 aliphatic heterocycles. The minimum atomic E-state index is -4.18. The molecule has 2 aromatic rings. The highest BCUT2D eigenvalue weighted by Crippen LogP contribution is 2.32. The maximum Gasteiger partial charge on any atom is 0.339 e. The summed E-state index contributed by atoms with van der Waals surface area (Å²) in [7, 11) is -2.84. The SMILES string of the molecule is COc1cccc(C=O)c1OS(=O)(=O)c1ccc(NC(C)=O)cc1. The van der Waals surface area contributed by atoms with Crippen LogP contribution in [0.3, 0.4) is 0 Å². The number of carbonyl (C=O) groups is 2. The van der Waals surface area contributed by atoms with Crippen molar-refractivity contribution in [3.05, 3.63) is 48.0 Å². The van der Waals surface area contributed by atoms with E-state index in [2.05, 4.69) is 5.32 Å². The van der Waals surface area contributed by atoms with Crippen LogP contribution in [0.15, 0.2) is 47.4 Å². The first-order chi connectivity index (χ1) is 11.4. The minimum absolute atomic E-state index is 0.0489. The highest BCUT2D eigenvalue weighted by atomic mass is 32.2. The van der Waals surface area contributed by atoms with Gasteiger partial charge in [-0.2, -0.15) is 8.42 Å². The molecule has 8 heteroatoms. The van der Waals surface area contributed by atoms with Crippen LogP contribution in [0.4, 0.5) is 5.69 Å². The number of ether oxygens (including phenoxy) is 1. The summed E-state index contributed by atoms with van der Waals surface area (Å²) in [5.41, 5.74) is 0.500. The van der Waals surface area contributed by atoms with Crippen LogP contribution in [0.25, 0.3) is 0 Å². The fraction of sp³-hybridized carbons (Fsp3) is 0.125. The standard InChI is InChI=1S/C16H15NO6S/c1-11(19)17-13-6-8-14(9-7-13)24(20,21)23-16-12(10-18)4-3-5-15(16)22-2/h3-10H,1-2H3,(H,17,19). The van der Waals surface area contributed by atoms with Crippen LogP contribution in [0.5, 0.6) is 11.5 Å². The van der Waals surface area contributed by atoms with Crippen LogP contribution in [-0.2, 0) is 14.9 Å². The molecular weight excluding hydrogens is 334 g/mol. The fourth-order valence-electron chi connectivity index (χ4n) is 1.94. The van der Waals surface area contributed by atoms with Gasteiger partial charge in [0.2, 0.25) is 5.91 Å². The van der Waals surface area contributed by atoms with Gasteiger partial charge in [0.05, 0.1) is 12.7 Å². The fourth-order valence-corrected chi connectivity index (χ4v) is 2.90. The highest BCUT2D eigenvalue weighted by Gasteiger charge is 2.21. The van der Waals surface area contributed by atoms with Crippen LogP contribution < -0.4 is 14.2 Å². The van der Waals surface area contributed by atoms with Gasteiger partial charge in [-0.15, -0.1) is 0 Å². The quantitative estimate of drug-likeness (QED) is 0.634. The van der Waals surface area contributed by atoms with E-state index in [1.807, 2.05) is 0 Å². The van der Waals surface area contributed by atoms with Crippen molar-refractivity contribution in [3.63, 3.8) is 0 Å². The molecule has 0 bridgehead atoms. The van der Waals surface area contributed by atoms with E-state index in [-0.39, 0.29) is 27.9 Å². The predicted molar refractivity (Wildman–Crippen MR) is 86.9 cm³/mol. The number of amides is 1. The molecule has 2 rings (SSSR count). The van der Waals surface area contributed by atoms with Crippen molar-refractivity contribution in [1.29, 1.82) is 0 Å². The average molecular weight is 349 g/mol. The van der Waals surface area contributed by atoms with E-state index in [1.165, 1.54) is 50.4 Å². The molecule has 0 atom stereocenters. The van der Waals surface area contributed by atoms with Crippen LogP contribution in [0, 0.1) is 0 Å². The smallest absolute Gasteiger partial charge is 0.339 e. The molecule has 0 heterocycles. The number of hydrogen-bond acceptors (Lipinski definition) is 6. The zero-order valence-corrected chi connectivity index (χ0v) is 13.8. The third-order valence-electron chi connectivity index (χ3n) is 3.01. The van der Waals surface area contributed by atoms with Crippen LogP contribution in [-0.4, -0.2) is 27.7 Å². The van der Waals surface area contributed by atoms with Gasteiger partial charge < -0.3 is 14.2 Å². The van der Waals surface area contributed by atoms with E-state index in [4.69, 9.17) is 8.92 Å². The number of rotatable bonds is 6. The van der Waals surface area contributed by atoms with Crippen LogP contribution >= 0.6 is 0 Å². The van der Waals surface area contributed by atoms with E-state index in [0.29, 0.717) is 12.0 Å². The molecule has 0 unspecified atom stereocenters. The lowest BCUT2D eigenvalue weighted by Gasteiger charge is -2.12. The van der Waals surface area contributed by atoms with Gasteiger partial charge in [-0.1, -0.05) is 6.07 Å². The van der Waals surface area contributed by atoms with Gasteiger partial charge in [0, 0.05) is 12.6 Å². The Bertz CT molecular complexity index is 859. The molecule has 0 fully saturated rings. The molecule has 1 amide bonds. The van der Waals surface area contributed by atoms with Gasteiger partial charge in [-0.3, -0.25) is 9.59 Å². The molecule has 0 saturated carbocycles. The second-order valence-electron chi connectivity index (χ2n) is 4.74. The van der Waals surface area contributed by atoms with Crippen molar-refractivity contribution in [1.82, 2.24) is 0 Å². The first kappa shape index (κ1) is 17.5. The van der Waals surface area contributed by atoms with E-state index >= 15 is 0 Å². The first-order valence-electron chi connectivity index (χ1n) is 6.81. The number of para-hydroxylation sites is 1. The molecule has 0 aliphatic rings. The molecule has 0 saturated heterocycles. The summed E-state index contributed by atoms with van der Waals surface area (Å²) in [5.74, 6) is -0.328. The number of hydrogen-bond donors (Lipinski definition) is 1. The van der Waals surface area contributed by atoms with Crippen molar-refractivity contribution in [2.75, 3.05) is 12.4 Å². The van der Waals surface area contributed by atoms with Crippen LogP contribution in [0.1, 0.15) is 17.3 Å². The second-order valence-corrected chi connectivity index (χ2v) is 6.29. The molecule has 1 N–H and O–H groups in total. The monoisotopic (exact) mass is 349 g/mol. The third kappa shape index (κ3) is 3.90. The van der Waals surface area contributed by atoms with Crippen molar-refractivity contribution in [2.45, 2.75) is 11.8 Å². The Hall–Kier alpha value is -2.87. The van der Waals surface area contributed by atoms with E-state index < -0.39 is 10.1 Å². The lowest BCUT2D eigenvalue weighted by Crippen LogP contribution is -2.12. The molecule has 0 aliphatic carbocycles. The van der Waals surface area contributed by atoms with Crippen molar-refractivity contribution >= 4 is 28.0 Å². The Morgan fingerprint density at radius 2 is 1.79 bits per heavy atom. The Labute approximate surface area is 139 Å². The van der Waals surface area contributed by atoms with Crippen molar-refractivity contribution in [2.24, 2.45) is 0 Å². The summed E-state index contributed by atoms with van der Waals surface area (Å²) in [4.78, 5) is 21.9. The molecule has 126 valence electrons. The van der Waals surface area contributed by atoms with Crippen molar-refractivity contribution < 1.29 is 26.9 Å². The topological polar surface area (TPSA) is 98.8 Å². The number of anilines is 1. The Morgan fingerprint density at radius 1 is 1.12 bits per heavy atom. The molecule has 0 aromatic heterocycles. The Kier molecular flexibility index (Phi) is 5.20. The number of benzene rings is 2. The summed E-state index contributed by atoms with van der Waals surface area (Å²) >= 11 is 0. The molecule has 7 nitrogen and oxygen atoms in total. The Morgan fingerprint density at radius 3 is 2.33 bits per heavy atom. The largest absolute Gasteiger partial charge is 0.493 e. The molecular formula is C16H15NO6S. The molecule has 2 aromatic carbocycles. The van der Waals surface area contributed by atoms with Gasteiger partial charge in [-0.05, 0) is 36.4 Å². The van der Waals surface area contributed by atoms with Gasteiger partial charge in [-0.25, -0.2) is 0 Å². The number of aldehydes is 1. The summed E-state index contributed by atoms with van der Waals surface area (Å²) in [5, 5.41) is 2.53. The normalized spacial score (nSPS) is 10.8. The third-order valence-corrected chi connectivity index (χ3v) is 4.25. The zero-order chi connectivity index (χ0) is 17.7. The van der Waals surface area contributed by atoms with Gasteiger partial charge in [0.15, 0.2) is 17.8 Å². The lowest BCUT2D eigenvalue weighted by molar-refractivity contribution is -0.114. The molecule has 0 radical (unpaired) electrons. The average Bonchev–Trinajstić information content (AvgIpc) is 2.54. The predicted octanol–water partition coefficient (Wildman–Crippen LogP) is 2.23. The maximum absolute atomic E-state index is 12.4. The van der Waals surface area contributed by atoms with E-state index in [9.17, 15) is 18.0 Å². The summed E-state index contributed by atoms with van der Waals surface area (Å²) in [6.07, 6.45) is 0.479. The maximum atomic E-state index is 12.4. The van der Waals surface area contributed by atoms with Gasteiger partial charge in [0.1, 0.15) is 4.90 Å². The van der Waals surface area contributed by atoms with Gasteiger partial charge in [0.25, 0.3) is 0 Å². The van der Waals surface area contributed by atoms with Crippen molar-refractivity contribution in [3.8, 4) is 11.5 Å². The molecule has 24 heavy (non-hydrogen) atoms. The minimum Gasteiger partial charge on any atom is -0.493 e. The van der Waals surface area contributed by atoms with Gasteiger partial charge >= 0.3 is 10.1 Å². The number of carbonyl (C=O) groups excluding carboxylic acids is 2. The van der Waals surface area contributed by atoms with E-state index in [0.717, 1.165) is 0 Å². The zero-order valence-electron chi connectivity index (χ0n) is 13.0. The van der Waals surface area contributed by atoms with Crippen LogP contribution in [0.2, 0.25) is 0 Å².